The molecular weight excluding hydrogens is 1380 g/mol. The van der Waals surface area contributed by atoms with Crippen molar-refractivity contribution >= 4 is 71.3 Å². The molecule has 10 rings (SSSR count). The van der Waals surface area contributed by atoms with Crippen LogP contribution < -0.4 is 11.1 Å². The van der Waals surface area contributed by atoms with Gasteiger partial charge >= 0.3 is 41.8 Å². The molecule has 10 heterocycles. The number of hydrogen-bond donors (Lipinski definition) is 12. The molecule has 0 aliphatic carbocycles. The number of rotatable bonds is 20. The summed E-state index contributed by atoms with van der Waals surface area (Å²) in [5.74, 6) is -5.70. The van der Waals surface area contributed by atoms with Gasteiger partial charge in [0.15, 0.2) is 0 Å². The highest BCUT2D eigenvalue weighted by Crippen LogP contribution is 2.29. The van der Waals surface area contributed by atoms with E-state index < -0.39 is 64.3 Å². The van der Waals surface area contributed by atoms with E-state index in [0.29, 0.717) is 34.2 Å². The standard InChI is InChI=1S/C22H27N3O6.C19H27N3O3.C10H10N2O4.C10H15NO2.2C6H7NO2.C2H6.CH5N/c1-12-8-15(11-19(28)30-22(3,4)5)21(23-12)16-9-14(13(2)24-16)10-20(29)31-25-17(26)6-7-18(25)27;1-11-7-14(10-17(24)25-19(3,4)5)18(21-11)15-8-13(12(2)22-15)9-16(23)20-6;13-8-1-2-9(14)12(8)16-10(15)5-7-3-4-11-6-7;1-10(2,3)13-9(12)6-8-4-5-11-7-8;2*8-6(9)3-5-1-2-7-4-5;2*1-2/h8-9,23-24H,6-7,10-11H2,1-5H3;7-8,21-22H,9-10H2,1-6H3,(H,20,23);3-4,6,11H,1-2,5H2;4-5,7,11H,6H2,1-3H3;2*1-2,4,7H,3H2,(H,8,9);1-2H3;2H2,1H3. The lowest BCUT2D eigenvalue weighted by Crippen LogP contribution is -2.32. The molecular formula is C76H104N12O19. The van der Waals surface area contributed by atoms with Crippen LogP contribution in [0, 0.1) is 27.7 Å². The fourth-order valence-corrected chi connectivity index (χ4v) is 9.89. The van der Waals surface area contributed by atoms with E-state index in [9.17, 15) is 57.5 Å². The molecule has 2 aliphatic heterocycles. The molecule has 13 N–H and O–H groups in total. The number of nitrogens with zero attached hydrogens (tertiary/aromatic N) is 2. The van der Waals surface area contributed by atoms with Gasteiger partial charge in [0, 0.05) is 105 Å². The zero-order chi connectivity index (χ0) is 80.5. The number of H-pyrrole nitrogens is 8. The lowest BCUT2D eigenvalue weighted by atomic mass is 10.1. The zero-order valence-corrected chi connectivity index (χ0v) is 64.0. The number of carboxylic acid groups (broad SMARTS) is 2. The van der Waals surface area contributed by atoms with Crippen molar-refractivity contribution in [1.82, 2.24) is 55.3 Å². The number of likely N-dealkylation sites (N-methyl/N-ethyl adjacent to an activating group) is 1. The van der Waals surface area contributed by atoms with Crippen LogP contribution in [-0.4, -0.2) is 162 Å². The molecule has 0 spiro atoms. The normalized spacial score (nSPS) is 12.2. The molecule has 582 valence electrons. The van der Waals surface area contributed by atoms with Gasteiger partial charge in [-0.05, 0) is 190 Å². The molecule has 31 nitrogen and oxygen atoms in total. The Morgan fingerprint density at radius 2 is 0.701 bits per heavy atom. The van der Waals surface area contributed by atoms with E-state index in [2.05, 4.69) is 50.9 Å². The second-order valence-electron chi connectivity index (χ2n) is 27.0. The first-order valence-corrected chi connectivity index (χ1v) is 34.4. The Bertz CT molecular complexity index is 4110. The van der Waals surface area contributed by atoms with Crippen LogP contribution in [0.4, 0.5) is 0 Å². The molecule has 5 amide bonds. The number of aromatic amines is 8. The summed E-state index contributed by atoms with van der Waals surface area (Å²) in [5, 5.41) is 20.3. The van der Waals surface area contributed by atoms with Gasteiger partial charge in [-0.2, -0.15) is 0 Å². The van der Waals surface area contributed by atoms with Crippen molar-refractivity contribution in [3.8, 4) is 22.8 Å². The van der Waals surface area contributed by atoms with Crippen molar-refractivity contribution in [1.29, 1.82) is 0 Å². The maximum absolute atomic E-state index is 12.3. The highest BCUT2D eigenvalue weighted by Gasteiger charge is 2.34. The summed E-state index contributed by atoms with van der Waals surface area (Å²) in [6.45, 7) is 28.2. The lowest BCUT2D eigenvalue weighted by Gasteiger charge is -2.19. The maximum atomic E-state index is 12.3. The predicted molar refractivity (Wildman–Crippen MR) is 396 cm³/mol. The molecule has 0 aromatic carbocycles. The predicted octanol–water partition coefficient (Wildman–Crippen LogP) is 9.41. The molecule has 0 bridgehead atoms. The monoisotopic (exact) mass is 1490 g/mol. The summed E-state index contributed by atoms with van der Waals surface area (Å²) in [5.41, 5.74) is 16.3. The van der Waals surface area contributed by atoms with Crippen molar-refractivity contribution in [3.05, 3.63) is 165 Å². The van der Waals surface area contributed by atoms with Crippen LogP contribution in [0.1, 0.15) is 169 Å². The van der Waals surface area contributed by atoms with Crippen LogP contribution >= 0.6 is 0 Å². The molecule has 31 heteroatoms. The summed E-state index contributed by atoms with van der Waals surface area (Å²) >= 11 is 0. The molecule has 0 radical (unpaired) electrons. The molecule has 2 saturated heterocycles. The number of carboxylic acids is 2. The van der Waals surface area contributed by atoms with Gasteiger partial charge in [0.05, 0.1) is 74.1 Å². The number of nitrogens with one attached hydrogen (secondary N) is 9. The fourth-order valence-electron chi connectivity index (χ4n) is 9.89. The average molecular weight is 1490 g/mol. The van der Waals surface area contributed by atoms with Crippen LogP contribution in [0.25, 0.3) is 22.8 Å². The quantitative estimate of drug-likeness (QED) is 0.0192. The molecule has 0 atom stereocenters. The van der Waals surface area contributed by atoms with E-state index in [1.54, 1.807) is 80.9 Å². The largest absolute Gasteiger partial charge is 0.481 e. The number of amides is 5. The molecule has 2 fully saturated rings. The Kier molecular flexibility index (Phi) is 35.8. The zero-order valence-electron chi connectivity index (χ0n) is 64.0. The Labute approximate surface area is 621 Å². The maximum Gasteiger partial charge on any atom is 0.337 e. The minimum atomic E-state index is -0.797. The third-order valence-electron chi connectivity index (χ3n) is 14.2. The van der Waals surface area contributed by atoms with Gasteiger partial charge in [-0.25, -0.2) is 9.59 Å². The topological polar surface area (TPSA) is 462 Å². The first kappa shape index (κ1) is 89.5. The second-order valence-corrected chi connectivity index (χ2v) is 27.0. The molecule has 2 aliphatic rings. The lowest BCUT2D eigenvalue weighted by molar-refractivity contribution is -0.197. The Morgan fingerprint density at radius 1 is 0.421 bits per heavy atom. The average Bonchev–Trinajstić information content (AvgIpc) is 1.67. The Hall–Kier alpha value is -11.8. The number of nitrogens with two attached hydrogens (primary N) is 1. The number of imide groups is 2. The summed E-state index contributed by atoms with van der Waals surface area (Å²) in [7, 11) is 3.12. The number of aromatic nitrogens is 8. The van der Waals surface area contributed by atoms with Gasteiger partial charge in [-0.1, -0.05) is 13.8 Å². The molecule has 0 unspecified atom stereocenters. The SMILES string of the molecule is CC.CC(C)(C)OC(=O)Cc1cc[nH]c1.CN.CNC(=O)Cc1cc(-c2[nH]c(C)cc2CC(=O)OC(C)(C)C)[nH]c1C.Cc1cc(CC(=O)OC(C)(C)C)c(-c2cc(CC(=O)ON3C(=O)CCC3=O)c(C)[nH]2)[nH]1.O=C(Cc1cc[nH]c1)ON1C(=O)CCC1=O.O=C(O)Cc1cc[nH]c1.O=C(O)Cc1cc[nH]c1. The second kappa shape index (κ2) is 42.9. The van der Waals surface area contributed by atoms with Crippen molar-refractivity contribution in [2.75, 3.05) is 14.1 Å². The number of carbonyl (C=O) groups excluding carboxylic acids is 10. The summed E-state index contributed by atoms with van der Waals surface area (Å²) in [6, 6.07) is 14.6. The van der Waals surface area contributed by atoms with Crippen LogP contribution in [0.2, 0.25) is 0 Å². The minimum Gasteiger partial charge on any atom is -0.481 e. The van der Waals surface area contributed by atoms with Gasteiger partial charge in [0.2, 0.25) is 5.91 Å². The van der Waals surface area contributed by atoms with Crippen molar-refractivity contribution in [3.63, 3.8) is 0 Å². The smallest absolute Gasteiger partial charge is 0.337 e. The number of hydroxylamine groups is 4. The highest BCUT2D eigenvalue weighted by atomic mass is 16.7. The van der Waals surface area contributed by atoms with E-state index in [0.717, 1.165) is 78.8 Å². The summed E-state index contributed by atoms with van der Waals surface area (Å²) in [6.07, 6.45) is 15.1. The molecule has 107 heavy (non-hydrogen) atoms. The van der Waals surface area contributed by atoms with E-state index in [4.69, 9.17) is 34.1 Å². The van der Waals surface area contributed by atoms with Crippen molar-refractivity contribution in [2.24, 2.45) is 5.73 Å². The van der Waals surface area contributed by atoms with E-state index >= 15 is 0 Å². The third kappa shape index (κ3) is 33.3. The summed E-state index contributed by atoms with van der Waals surface area (Å²) < 4.78 is 16.0. The number of hydrogen-bond acceptors (Lipinski definition) is 18. The summed E-state index contributed by atoms with van der Waals surface area (Å²) in [4.78, 5) is 171. The first-order valence-electron chi connectivity index (χ1n) is 34.4. The molecule has 8 aromatic rings. The molecule has 8 aromatic heterocycles. The highest BCUT2D eigenvalue weighted by molar-refractivity contribution is 6.02. The van der Waals surface area contributed by atoms with Crippen LogP contribution in [0.3, 0.4) is 0 Å². The van der Waals surface area contributed by atoms with E-state index in [1.807, 2.05) is 128 Å². The van der Waals surface area contributed by atoms with E-state index in [-0.39, 0.29) is 88.0 Å². The van der Waals surface area contributed by atoms with Crippen LogP contribution in [0.5, 0.6) is 0 Å². The number of esters is 3. The van der Waals surface area contributed by atoms with Gasteiger partial charge in [-0.3, -0.25) is 47.9 Å². The van der Waals surface area contributed by atoms with Crippen molar-refractivity contribution < 1.29 is 91.6 Å². The fraction of sp³-hybridized carbons (Fsp3) is 0.421. The van der Waals surface area contributed by atoms with Crippen molar-refractivity contribution in [2.45, 2.75) is 198 Å². The molecule has 0 saturated carbocycles. The van der Waals surface area contributed by atoms with Crippen LogP contribution in [-0.2, 0) is 133 Å². The first-order chi connectivity index (χ1) is 50.2. The third-order valence-corrected chi connectivity index (χ3v) is 14.2. The van der Waals surface area contributed by atoms with Gasteiger partial charge < -0.3 is 85.0 Å². The van der Waals surface area contributed by atoms with Gasteiger partial charge in [0.1, 0.15) is 16.8 Å². The van der Waals surface area contributed by atoms with Gasteiger partial charge in [0.25, 0.3) is 23.6 Å². The minimum absolute atomic E-state index is 0.0283. The van der Waals surface area contributed by atoms with E-state index in [1.165, 1.54) is 7.05 Å². The Balaban J connectivity index is 0.000000349. The van der Waals surface area contributed by atoms with Crippen LogP contribution in [0.15, 0.2) is 98.1 Å². The number of carbonyl (C=O) groups is 12. The number of aliphatic carboxylic acids is 2. The number of aryl methyl sites for hydroxylation is 4. The van der Waals surface area contributed by atoms with Gasteiger partial charge in [-0.15, -0.1) is 10.1 Å². The Morgan fingerprint density at radius 3 is 0.991 bits per heavy atom. The number of ether oxygens (including phenoxy) is 3.